The number of methoxy groups -OCH3 is 1. The molecule has 4 heteroatoms. The number of hydrogen-bond acceptors (Lipinski definition) is 3. The van der Waals surface area contributed by atoms with Crippen LogP contribution in [-0.4, -0.2) is 18.2 Å². The smallest absolute Gasteiger partial charge is 0.437 e. The average Bonchev–Trinajstić information content (AvgIpc) is 2.64. The number of aromatic nitrogens is 1. The Hall–Kier alpha value is -1.97. The number of carbonyl (C=O) groups excluding carboxylic acids is 1. The summed E-state index contributed by atoms with van der Waals surface area (Å²) >= 11 is 0. The molecule has 2 aromatic rings. The van der Waals surface area contributed by atoms with Gasteiger partial charge in [-0.15, -0.1) is 0 Å². The number of fused-ring (bicyclic) bond motifs is 1. The predicted molar refractivity (Wildman–Crippen MR) is 51.3 cm³/mol. The highest BCUT2D eigenvalue weighted by molar-refractivity contribution is 5.81. The lowest BCUT2D eigenvalue weighted by Crippen LogP contribution is -2.06. The number of hydrogen-bond donors (Lipinski definition) is 1. The van der Waals surface area contributed by atoms with Crippen molar-refractivity contribution in [1.29, 1.82) is 0 Å². The van der Waals surface area contributed by atoms with Crippen molar-refractivity contribution in [2.24, 2.45) is 0 Å². The second-order valence-electron chi connectivity index (χ2n) is 2.78. The Labute approximate surface area is 80.4 Å². The third-order valence-corrected chi connectivity index (χ3v) is 1.89. The number of nitrogens with one attached hydrogen (secondary N) is 1. The van der Waals surface area contributed by atoms with Gasteiger partial charge in [0.25, 0.3) is 0 Å². The maximum atomic E-state index is 10.8. The molecule has 0 unspecified atom stereocenters. The molecule has 0 aliphatic rings. The summed E-state index contributed by atoms with van der Waals surface area (Å²) < 4.78 is 9.24. The Morgan fingerprint density at radius 1 is 1.36 bits per heavy atom. The zero-order valence-corrected chi connectivity index (χ0v) is 7.61. The molecule has 0 saturated heterocycles. The van der Waals surface area contributed by atoms with E-state index in [4.69, 9.17) is 4.74 Å². The summed E-state index contributed by atoms with van der Waals surface area (Å²) in [5.74, 6) is 0.476. The summed E-state index contributed by atoms with van der Waals surface area (Å²) in [6.45, 7) is 0. The van der Waals surface area contributed by atoms with Gasteiger partial charge in [-0.2, -0.15) is 0 Å². The summed E-state index contributed by atoms with van der Waals surface area (Å²) in [7, 11) is 1.27. The first kappa shape index (κ1) is 8.62. The predicted octanol–water partition coefficient (Wildman–Crippen LogP) is 2.31. The highest BCUT2D eigenvalue weighted by atomic mass is 16.7. The molecule has 1 aromatic carbocycles. The minimum atomic E-state index is -0.708. The lowest BCUT2D eigenvalue weighted by Gasteiger charge is -2.01. The standard InChI is InChI=1S/C10H9NO3/c1-13-10(12)14-8-2-3-9-7(6-8)4-5-11-9/h2-6,11H,1H3. The van der Waals surface area contributed by atoms with Gasteiger partial charge in [-0.25, -0.2) is 4.79 Å². The largest absolute Gasteiger partial charge is 0.513 e. The van der Waals surface area contributed by atoms with Gasteiger partial charge in [-0.05, 0) is 24.3 Å². The molecule has 0 bridgehead atoms. The molecule has 1 N–H and O–H groups in total. The van der Waals surface area contributed by atoms with E-state index >= 15 is 0 Å². The molecule has 0 aliphatic heterocycles. The molecule has 4 nitrogen and oxygen atoms in total. The fourth-order valence-corrected chi connectivity index (χ4v) is 1.23. The van der Waals surface area contributed by atoms with Gasteiger partial charge in [0, 0.05) is 17.1 Å². The molecule has 2 rings (SSSR count). The summed E-state index contributed by atoms with van der Waals surface area (Å²) in [6.07, 6.45) is 1.12. The molecule has 0 radical (unpaired) electrons. The second kappa shape index (κ2) is 3.41. The van der Waals surface area contributed by atoms with Gasteiger partial charge in [0.1, 0.15) is 5.75 Å². The van der Waals surface area contributed by atoms with Crippen LogP contribution >= 0.6 is 0 Å². The van der Waals surface area contributed by atoms with Gasteiger partial charge < -0.3 is 14.5 Å². The van der Waals surface area contributed by atoms with E-state index in [1.165, 1.54) is 7.11 Å². The summed E-state index contributed by atoms with van der Waals surface area (Å²) in [5, 5.41) is 0.992. The van der Waals surface area contributed by atoms with Gasteiger partial charge in [0.05, 0.1) is 7.11 Å². The first-order valence-electron chi connectivity index (χ1n) is 4.12. The van der Waals surface area contributed by atoms with Crippen LogP contribution in [0.15, 0.2) is 30.5 Å². The minimum Gasteiger partial charge on any atom is -0.437 e. The van der Waals surface area contributed by atoms with E-state index in [1.807, 2.05) is 18.3 Å². The minimum absolute atomic E-state index is 0.476. The van der Waals surface area contributed by atoms with Gasteiger partial charge in [-0.3, -0.25) is 0 Å². The number of benzene rings is 1. The molecule has 0 spiro atoms. The van der Waals surface area contributed by atoms with E-state index in [0.29, 0.717) is 5.75 Å². The van der Waals surface area contributed by atoms with Crippen LogP contribution in [0.2, 0.25) is 0 Å². The molecule has 0 amide bonds. The number of rotatable bonds is 1. The van der Waals surface area contributed by atoms with Crippen LogP contribution in [0.4, 0.5) is 4.79 Å². The van der Waals surface area contributed by atoms with Gasteiger partial charge >= 0.3 is 6.16 Å². The monoisotopic (exact) mass is 191 g/mol. The summed E-state index contributed by atoms with van der Waals surface area (Å²) in [4.78, 5) is 13.8. The number of carbonyl (C=O) groups is 1. The third kappa shape index (κ3) is 1.54. The summed E-state index contributed by atoms with van der Waals surface area (Å²) in [6, 6.07) is 7.21. The maximum absolute atomic E-state index is 10.8. The Balaban J connectivity index is 2.30. The van der Waals surface area contributed by atoms with Crippen LogP contribution in [-0.2, 0) is 4.74 Å². The number of aromatic amines is 1. The molecule has 1 heterocycles. The molecular formula is C10H9NO3. The van der Waals surface area contributed by atoms with E-state index in [1.54, 1.807) is 12.1 Å². The van der Waals surface area contributed by atoms with Gasteiger partial charge in [0.15, 0.2) is 0 Å². The van der Waals surface area contributed by atoms with Crippen molar-refractivity contribution >= 4 is 17.1 Å². The fourth-order valence-electron chi connectivity index (χ4n) is 1.23. The van der Waals surface area contributed by atoms with Crippen molar-refractivity contribution in [1.82, 2.24) is 4.98 Å². The molecule has 0 fully saturated rings. The Bertz CT molecular complexity index is 461. The van der Waals surface area contributed by atoms with Crippen molar-refractivity contribution in [2.75, 3.05) is 7.11 Å². The SMILES string of the molecule is COC(=O)Oc1ccc2[nH]ccc2c1. The average molecular weight is 191 g/mol. The molecule has 1 aromatic heterocycles. The van der Waals surface area contributed by atoms with E-state index < -0.39 is 6.16 Å². The second-order valence-corrected chi connectivity index (χ2v) is 2.78. The zero-order valence-electron chi connectivity index (χ0n) is 7.61. The van der Waals surface area contributed by atoms with Crippen molar-refractivity contribution in [2.45, 2.75) is 0 Å². The van der Waals surface area contributed by atoms with Crippen molar-refractivity contribution < 1.29 is 14.3 Å². The van der Waals surface area contributed by atoms with Crippen LogP contribution in [0, 0.1) is 0 Å². The first-order valence-corrected chi connectivity index (χ1v) is 4.12. The van der Waals surface area contributed by atoms with Gasteiger partial charge in [-0.1, -0.05) is 0 Å². The normalized spacial score (nSPS) is 10.1. The molecule has 0 saturated carbocycles. The van der Waals surface area contributed by atoms with Crippen molar-refractivity contribution in [3.63, 3.8) is 0 Å². The van der Waals surface area contributed by atoms with Crippen LogP contribution in [0.1, 0.15) is 0 Å². The van der Waals surface area contributed by atoms with Crippen LogP contribution < -0.4 is 4.74 Å². The lowest BCUT2D eigenvalue weighted by molar-refractivity contribution is 0.121. The van der Waals surface area contributed by atoms with E-state index in [-0.39, 0.29) is 0 Å². The molecule has 0 aliphatic carbocycles. The Morgan fingerprint density at radius 2 is 2.21 bits per heavy atom. The Morgan fingerprint density at radius 3 is 3.00 bits per heavy atom. The molecule has 14 heavy (non-hydrogen) atoms. The number of H-pyrrole nitrogens is 1. The summed E-state index contributed by atoms with van der Waals surface area (Å²) in [5.41, 5.74) is 1.00. The highest BCUT2D eigenvalue weighted by Crippen LogP contribution is 2.19. The first-order chi connectivity index (χ1) is 6.79. The maximum Gasteiger partial charge on any atom is 0.513 e. The van der Waals surface area contributed by atoms with Crippen molar-refractivity contribution in [3.8, 4) is 5.75 Å². The van der Waals surface area contributed by atoms with Crippen LogP contribution in [0.25, 0.3) is 10.9 Å². The topological polar surface area (TPSA) is 51.3 Å². The Kier molecular flexibility index (Phi) is 2.10. The quantitative estimate of drug-likeness (QED) is 0.555. The molecule has 0 atom stereocenters. The van der Waals surface area contributed by atoms with Crippen molar-refractivity contribution in [3.05, 3.63) is 30.5 Å². The highest BCUT2D eigenvalue weighted by Gasteiger charge is 2.03. The zero-order chi connectivity index (χ0) is 9.97. The van der Waals surface area contributed by atoms with Crippen LogP contribution in [0.3, 0.4) is 0 Å². The van der Waals surface area contributed by atoms with E-state index in [2.05, 4.69) is 9.72 Å². The van der Waals surface area contributed by atoms with Gasteiger partial charge in [0.2, 0.25) is 0 Å². The third-order valence-electron chi connectivity index (χ3n) is 1.89. The van der Waals surface area contributed by atoms with Crippen LogP contribution in [0.5, 0.6) is 5.75 Å². The molecular weight excluding hydrogens is 182 g/mol. The van der Waals surface area contributed by atoms with E-state index in [9.17, 15) is 4.79 Å². The number of ether oxygens (including phenoxy) is 2. The molecule has 72 valence electrons. The fraction of sp³-hybridized carbons (Fsp3) is 0.100. The lowest BCUT2D eigenvalue weighted by atomic mass is 10.2. The van der Waals surface area contributed by atoms with E-state index in [0.717, 1.165) is 10.9 Å².